The molecule has 20 heavy (non-hydrogen) atoms. The van der Waals surface area contributed by atoms with Crippen molar-refractivity contribution >= 4 is 43.6 Å². The van der Waals surface area contributed by atoms with Gasteiger partial charge in [0.05, 0.1) is 0 Å². The maximum absolute atomic E-state index is 6.11. The fraction of sp³-hybridized carbons (Fsp3) is 0.250. The van der Waals surface area contributed by atoms with E-state index in [4.69, 9.17) is 5.73 Å². The summed E-state index contributed by atoms with van der Waals surface area (Å²) in [5, 5.41) is 0. The van der Waals surface area contributed by atoms with Gasteiger partial charge in [0.25, 0.3) is 0 Å². The Hall–Kier alpha value is -0.290. The highest BCUT2D eigenvalue weighted by molar-refractivity contribution is 9.10. The molecule has 0 amide bonds. The van der Waals surface area contributed by atoms with Crippen molar-refractivity contribution < 1.29 is 0 Å². The first-order valence-electron chi connectivity index (χ1n) is 6.56. The Kier molecular flexibility index (Phi) is 6.15. The van der Waals surface area contributed by atoms with Crippen molar-refractivity contribution in [2.45, 2.75) is 35.6 Å². The van der Waals surface area contributed by atoms with Gasteiger partial charge in [-0.25, -0.2) is 0 Å². The van der Waals surface area contributed by atoms with Crippen LogP contribution in [-0.2, 0) is 6.42 Å². The highest BCUT2D eigenvalue weighted by Gasteiger charge is 2.09. The summed E-state index contributed by atoms with van der Waals surface area (Å²) in [5.41, 5.74) is 7.41. The summed E-state index contributed by atoms with van der Waals surface area (Å²) in [4.78, 5) is 2.50. The van der Waals surface area contributed by atoms with Gasteiger partial charge in [-0.05, 0) is 54.8 Å². The summed E-state index contributed by atoms with van der Waals surface area (Å²) in [5.74, 6) is 0. The van der Waals surface area contributed by atoms with Crippen molar-refractivity contribution in [3.8, 4) is 0 Å². The minimum absolute atomic E-state index is 0.214. The van der Waals surface area contributed by atoms with Crippen molar-refractivity contribution in [1.29, 1.82) is 0 Å². The Balaban J connectivity index is 2.26. The molecule has 2 N–H and O–H groups in total. The SMILES string of the molecule is CCC(N)Cc1cc(Br)ccc1Sc1cccc(Br)c1. The summed E-state index contributed by atoms with van der Waals surface area (Å²) in [6.45, 7) is 2.13. The molecule has 1 nitrogen and oxygen atoms in total. The lowest BCUT2D eigenvalue weighted by molar-refractivity contribution is 0.641. The van der Waals surface area contributed by atoms with Crippen LogP contribution in [0.2, 0.25) is 0 Å². The summed E-state index contributed by atoms with van der Waals surface area (Å²) in [6.07, 6.45) is 1.90. The van der Waals surface area contributed by atoms with E-state index in [-0.39, 0.29) is 6.04 Å². The van der Waals surface area contributed by atoms with Crippen LogP contribution in [0.3, 0.4) is 0 Å². The zero-order valence-electron chi connectivity index (χ0n) is 11.3. The van der Waals surface area contributed by atoms with Gasteiger partial charge in [-0.15, -0.1) is 0 Å². The molecule has 0 bridgehead atoms. The van der Waals surface area contributed by atoms with Gasteiger partial charge in [0.2, 0.25) is 0 Å². The Labute approximate surface area is 141 Å². The van der Waals surface area contributed by atoms with Crippen LogP contribution >= 0.6 is 43.6 Å². The fourth-order valence-electron chi connectivity index (χ4n) is 1.89. The third kappa shape index (κ3) is 4.62. The summed E-state index contributed by atoms with van der Waals surface area (Å²) < 4.78 is 2.21. The molecule has 2 aromatic rings. The molecule has 0 fully saturated rings. The van der Waals surface area contributed by atoms with Gasteiger partial charge >= 0.3 is 0 Å². The molecule has 0 aromatic heterocycles. The molecule has 0 aliphatic heterocycles. The number of rotatable bonds is 5. The minimum atomic E-state index is 0.214. The van der Waals surface area contributed by atoms with Gasteiger partial charge in [-0.1, -0.05) is 56.6 Å². The molecular formula is C16H17Br2NS. The summed E-state index contributed by atoms with van der Waals surface area (Å²) >= 11 is 8.85. The zero-order valence-corrected chi connectivity index (χ0v) is 15.3. The van der Waals surface area contributed by atoms with Gasteiger partial charge in [0, 0.05) is 24.8 Å². The number of halogens is 2. The summed E-state index contributed by atoms with van der Waals surface area (Å²) in [7, 11) is 0. The number of benzene rings is 2. The average molecular weight is 415 g/mol. The highest BCUT2D eigenvalue weighted by Crippen LogP contribution is 2.33. The van der Waals surface area contributed by atoms with Gasteiger partial charge in [-0.2, -0.15) is 0 Å². The van der Waals surface area contributed by atoms with Crippen LogP contribution in [0.1, 0.15) is 18.9 Å². The van der Waals surface area contributed by atoms with Crippen molar-refractivity contribution in [2.24, 2.45) is 5.73 Å². The second-order valence-corrected chi connectivity index (χ2v) is 7.63. The van der Waals surface area contributed by atoms with Crippen LogP contribution < -0.4 is 5.73 Å². The van der Waals surface area contributed by atoms with Gasteiger partial charge in [-0.3, -0.25) is 0 Å². The Morgan fingerprint density at radius 1 is 1.10 bits per heavy atom. The molecule has 0 heterocycles. The normalized spacial score (nSPS) is 12.4. The van der Waals surface area contributed by atoms with Crippen molar-refractivity contribution in [2.75, 3.05) is 0 Å². The van der Waals surface area contributed by atoms with E-state index in [1.165, 1.54) is 15.4 Å². The molecule has 4 heteroatoms. The second kappa shape index (κ2) is 7.64. The van der Waals surface area contributed by atoms with Gasteiger partial charge in [0.15, 0.2) is 0 Å². The highest BCUT2D eigenvalue weighted by atomic mass is 79.9. The van der Waals surface area contributed by atoms with E-state index in [0.29, 0.717) is 0 Å². The Bertz CT molecular complexity index is 586. The first-order valence-corrected chi connectivity index (χ1v) is 8.96. The third-order valence-corrected chi connectivity index (χ3v) is 5.15. The fourth-order valence-corrected chi connectivity index (χ4v) is 3.85. The van der Waals surface area contributed by atoms with Crippen LogP contribution in [-0.4, -0.2) is 6.04 Å². The van der Waals surface area contributed by atoms with Crippen LogP contribution in [0.25, 0.3) is 0 Å². The third-order valence-electron chi connectivity index (χ3n) is 3.05. The standard InChI is InChI=1S/C16H17Br2NS/c1-2-14(19)9-11-8-13(18)6-7-16(11)20-15-5-3-4-12(17)10-15/h3-8,10,14H,2,9,19H2,1H3. The molecule has 1 unspecified atom stereocenters. The zero-order chi connectivity index (χ0) is 14.5. The van der Waals surface area contributed by atoms with Crippen LogP contribution in [0.4, 0.5) is 0 Å². The average Bonchev–Trinajstić information content (AvgIpc) is 2.42. The van der Waals surface area contributed by atoms with Gasteiger partial charge in [0.1, 0.15) is 0 Å². The predicted octanol–water partition coefficient (Wildman–Crippen LogP) is 5.64. The van der Waals surface area contributed by atoms with E-state index in [9.17, 15) is 0 Å². The first kappa shape index (κ1) is 16.1. The maximum atomic E-state index is 6.11. The molecule has 0 radical (unpaired) electrons. The second-order valence-electron chi connectivity index (χ2n) is 4.68. The minimum Gasteiger partial charge on any atom is -0.327 e. The van der Waals surface area contributed by atoms with E-state index in [1.807, 2.05) is 6.07 Å². The lowest BCUT2D eigenvalue weighted by atomic mass is 10.1. The van der Waals surface area contributed by atoms with Crippen molar-refractivity contribution in [3.63, 3.8) is 0 Å². The first-order chi connectivity index (χ1) is 9.58. The molecular weight excluding hydrogens is 398 g/mol. The van der Waals surface area contributed by atoms with Gasteiger partial charge < -0.3 is 5.73 Å². The number of hydrogen-bond acceptors (Lipinski definition) is 2. The molecule has 0 aliphatic carbocycles. The molecule has 0 spiro atoms. The molecule has 106 valence electrons. The number of hydrogen-bond donors (Lipinski definition) is 1. The molecule has 1 atom stereocenters. The van der Waals surface area contributed by atoms with E-state index < -0.39 is 0 Å². The topological polar surface area (TPSA) is 26.0 Å². The van der Waals surface area contributed by atoms with Crippen LogP contribution in [0, 0.1) is 0 Å². The molecule has 2 aromatic carbocycles. The number of nitrogens with two attached hydrogens (primary N) is 1. The van der Waals surface area contributed by atoms with Crippen LogP contribution in [0.5, 0.6) is 0 Å². The van der Waals surface area contributed by atoms with E-state index in [1.54, 1.807) is 11.8 Å². The quantitative estimate of drug-likeness (QED) is 0.684. The summed E-state index contributed by atoms with van der Waals surface area (Å²) in [6, 6.07) is 15.0. The van der Waals surface area contributed by atoms with E-state index in [0.717, 1.165) is 21.8 Å². The smallest absolute Gasteiger partial charge is 0.0186 e. The molecule has 2 rings (SSSR count). The lowest BCUT2D eigenvalue weighted by Crippen LogP contribution is -2.21. The van der Waals surface area contributed by atoms with E-state index >= 15 is 0 Å². The van der Waals surface area contributed by atoms with Crippen LogP contribution in [0.15, 0.2) is 61.2 Å². The Morgan fingerprint density at radius 3 is 2.55 bits per heavy atom. The van der Waals surface area contributed by atoms with E-state index in [2.05, 4.69) is 75.2 Å². The van der Waals surface area contributed by atoms with Crippen molar-refractivity contribution in [1.82, 2.24) is 0 Å². The monoisotopic (exact) mass is 413 g/mol. The molecule has 0 saturated carbocycles. The Morgan fingerprint density at radius 2 is 1.85 bits per heavy atom. The predicted molar refractivity (Wildman–Crippen MR) is 94.4 cm³/mol. The maximum Gasteiger partial charge on any atom is 0.0186 e. The lowest BCUT2D eigenvalue weighted by Gasteiger charge is -2.14. The van der Waals surface area contributed by atoms with Crippen molar-refractivity contribution in [3.05, 3.63) is 57.0 Å². The largest absolute Gasteiger partial charge is 0.327 e. The molecule has 0 saturated heterocycles. The molecule has 0 aliphatic rings.